The van der Waals surface area contributed by atoms with E-state index < -0.39 is 5.41 Å². The van der Waals surface area contributed by atoms with Crippen LogP contribution in [-0.2, 0) is 5.41 Å². The van der Waals surface area contributed by atoms with Gasteiger partial charge in [0.05, 0.1) is 5.41 Å². The van der Waals surface area contributed by atoms with Crippen LogP contribution in [0.4, 0.5) is 79.9 Å². The van der Waals surface area contributed by atoms with Crippen LogP contribution in [0.3, 0.4) is 0 Å². The van der Waals surface area contributed by atoms with Crippen molar-refractivity contribution in [3.05, 3.63) is 379 Å². The minimum atomic E-state index is -0.843. The van der Waals surface area contributed by atoms with Gasteiger partial charge in [-0.05, 0) is 245 Å². The lowest BCUT2D eigenvalue weighted by atomic mass is 9.70. The molecule has 0 bridgehead atoms. The van der Waals surface area contributed by atoms with E-state index in [1.54, 1.807) is 24.3 Å². The van der Waals surface area contributed by atoms with Crippen LogP contribution in [-0.4, -0.2) is 29.9 Å². The maximum atomic E-state index is 9.30. The molecule has 18 rings (SSSR count). The van der Waals surface area contributed by atoms with Gasteiger partial charge in [0.1, 0.15) is 46.3 Å². The van der Waals surface area contributed by atoms with Crippen molar-refractivity contribution < 1.29 is 0 Å². The fraction of sp³-hybridized carbons (Fsp3) is 0.0909. The molecular formula is C99H68N16. The molecule has 0 aliphatic heterocycles. The highest BCUT2D eigenvalue weighted by Crippen LogP contribution is 2.66. The Hall–Kier alpha value is -16.0. The molecule has 0 N–H and O–H groups in total. The molecule has 2 aliphatic rings. The van der Waals surface area contributed by atoms with Crippen molar-refractivity contribution in [3.8, 4) is 46.5 Å². The number of hydrogen-bond acceptors (Lipinski definition) is 14. The van der Waals surface area contributed by atoms with Crippen LogP contribution < -0.4 is 19.6 Å². The normalized spacial score (nSPS) is 11.7. The first-order chi connectivity index (χ1) is 56.0. The number of benzene rings is 13. The number of aromatic nitrogens is 6. The predicted octanol–water partition coefficient (Wildman–Crippen LogP) is 24.5. The second-order valence-corrected chi connectivity index (χ2v) is 29.2. The van der Waals surface area contributed by atoms with E-state index in [1.165, 1.54) is 89.0 Å². The molecule has 0 fully saturated rings. The van der Waals surface area contributed by atoms with Gasteiger partial charge in [-0.1, -0.05) is 179 Å². The number of rotatable bonds is 12. The first kappa shape index (κ1) is 71.9. The van der Waals surface area contributed by atoms with Crippen LogP contribution in [0.2, 0.25) is 0 Å². The number of nitrogens with zero attached hydrogens (tertiary/aromatic N) is 16. The van der Waals surface area contributed by atoms with Crippen LogP contribution >= 0.6 is 0 Å². The van der Waals surface area contributed by atoms with Crippen LogP contribution in [0.15, 0.2) is 267 Å². The smallest absolute Gasteiger partial charge is 0.307 e. The Kier molecular flexibility index (Phi) is 18.2. The van der Waals surface area contributed by atoms with Crippen molar-refractivity contribution in [2.75, 3.05) is 19.6 Å². The van der Waals surface area contributed by atoms with Crippen molar-refractivity contribution in [1.29, 1.82) is 21.0 Å². The van der Waals surface area contributed by atoms with Crippen LogP contribution in [0, 0.1) is 114 Å². The van der Waals surface area contributed by atoms with Gasteiger partial charge in [-0.2, -0.15) is 21.0 Å². The maximum Gasteiger partial charge on any atom is 0.307 e. The topological polar surface area (TPSA) is 194 Å². The Morgan fingerprint density at radius 1 is 0.235 bits per heavy atom. The molecule has 0 radical (unpaired) electrons. The highest BCUT2D eigenvalue weighted by atomic mass is 15.2. The molecule has 115 heavy (non-hydrogen) atoms. The van der Waals surface area contributed by atoms with E-state index in [4.69, 9.17) is 13.1 Å². The minimum Gasteiger partial charge on any atom is -0.358 e. The Balaban J connectivity index is 0.000000266. The molecule has 0 saturated carbocycles. The zero-order chi connectivity index (χ0) is 79.5. The summed E-state index contributed by atoms with van der Waals surface area (Å²) in [5.41, 5.74) is 30.7. The lowest BCUT2D eigenvalue weighted by molar-refractivity contribution is 0.793. The van der Waals surface area contributed by atoms with Crippen LogP contribution in [0.5, 0.6) is 0 Å². The molecule has 0 atom stereocenters. The number of hydrogen-bond donors (Lipinski definition) is 0. The van der Waals surface area contributed by atoms with Gasteiger partial charge in [-0.15, -0.1) is 9.97 Å². The highest BCUT2D eigenvalue weighted by molar-refractivity contribution is 6.19. The second kappa shape index (κ2) is 29.1. The summed E-state index contributed by atoms with van der Waals surface area (Å²) in [4.78, 5) is 40.9. The Morgan fingerprint density at radius 2 is 0.400 bits per heavy atom. The molecule has 544 valence electrons. The third-order valence-electron chi connectivity index (χ3n) is 21.5. The molecule has 16 aromatic rings. The first-order valence-corrected chi connectivity index (χ1v) is 37.4. The predicted molar refractivity (Wildman–Crippen MR) is 456 cm³/mol. The summed E-state index contributed by atoms with van der Waals surface area (Å²) in [7, 11) is 0. The molecule has 0 saturated heterocycles. The lowest BCUT2D eigenvalue weighted by Crippen LogP contribution is -2.27. The van der Waals surface area contributed by atoms with Crippen LogP contribution in [0.1, 0.15) is 89.5 Å². The second-order valence-electron chi connectivity index (χ2n) is 29.2. The van der Waals surface area contributed by atoms with Gasteiger partial charge >= 0.3 is 11.6 Å². The van der Waals surface area contributed by atoms with E-state index in [0.717, 1.165) is 68.2 Å². The summed E-state index contributed by atoms with van der Waals surface area (Å²) in [6.07, 6.45) is 0. The molecule has 3 heterocycles. The molecule has 16 nitrogen and oxygen atoms in total. The molecule has 3 aromatic heterocycles. The number of nitriles is 4. The van der Waals surface area contributed by atoms with Gasteiger partial charge in [0.25, 0.3) is 0 Å². The van der Waals surface area contributed by atoms with E-state index >= 15 is 0 Å². The van der Waals surface area contributed by atoms with Crippen LogP contribution in [0.25, 0.3) is 65.0 Å². The Labute approximate surface area is 666 Å². The highest BCUT2D eigenvalue weighted by Gasteiger charge is 2.53. The Morgan fingerprint density at radius 3 is 0.574 bits per heavy atom. The molecular weight excluding hydrogens is 1410 g/mol. The standard InChI is InChI=1S/C81H68N4.C18N12/c1-53-9-25-61(26-10-53)82(62-27-11-54(2)12-28-62)69-41-45-73-74-46-42-70(83(63-29-13-55(3)14-30-63)64-31-15-56(4)16-32-64)50-78(74)81(77(73)49-69)79-51-71(84(65-33-17-57(5)18-34-65)66-35-19-58(6)20-36-66)43-47-75(79)76-48-44-72(52-80(76)81)85(67-37-21-59(7)22-38-67)68-39-23-60(8)24-40-68;1-23-17-9(5-21)27-13-11-12(26-8(4-20)7(3-19)25-11)14-16(15(13)29-17)30-18(24-2)10(6-22)28-14/h9-52H,1-8H3;. The van der Waals surface area contributed by atoms with Crippen molar-refractivity contribution in [1.82, 2.24) is 29.9 Å². The van der Waals surface area contributed by atoms with E-state index in [-0.39, 0.29) is 67.5 Å². The molecule has 0 amide bonds. The van der Waals surface area contributed by atoms with Gasteiger partial charge in [0.2, 0.25) is 11.0 Å². The Bertz CT molecular complexity index is 5790. The zero-order valence-electron chi connectivity index (χ0n) is 64.1. The van der Waals surface area contributed by atoms with Gasteiger partial charge in [0.15, 0.2) is 22.8 Å². The largest absolute Gasteiger partial charge is 0.358 e. The van der Waals surface area contributed by atoms with Gasteiger partial charge < -0.3 is 29.3 Å². The molecule has 13 aromatic carbocycles. The fourth-order valence-corrected chi connectivity index (χ4v) is 15.8. The third kappa shape index (κ3) is 12.6. The summed E-state index contributed by atoms with van der Waals surface area (Å²) < 4.78 is 0. The van der Waals surface area contributed by atoms with Gasteiger partial charge in [0, 0.05) is 68.2 Å². The van der Waals surface area contributed by atoms with E-state index in [2.05, 4.69) is 382 Å². The van der Waals surface area contributed by atoms with Crippen molar-refractivity contribution >= 4 is 113 Å². The third-order valence-corrected chi connectivity index (χ3v) is 21.5. The summed E-state index contributed by atoms with van der Waals surface area (Å²) >= 11 is 0. The van der Waals surface area contributed by atoms with E-state index in [9.17, 15) is 21.0 Å². The average Bonchev–Trinajstić information content (AvgIpc) is 1.52. The SMILES string of the molecule is Cc1ccc(N(c2ccc(C)cc2)c2ccc3c(c2)C2(c4cc(N(c5ccc(C)cc5)c5ccc(C)cc5)ccc4-3)c3cc(N(c4ccc(C)cc4)c4ccc(C)cc4)ccc3-c3ccc(N(c4ccc(C)cc4)c4ccc(C)cc4)cc32)cc1.[C-]#[N+]c1nc2c(nc1C#N)c1nc(C#N)c(C#N)nc1c1nc(C#N)c([N+]#[C-])nc12. The van der Waals surface area contributed by atoms with Gasteiger partial charge in [-0.25, -0.2) is 19.9 Å². The molecule has 16 heteroatoms. The maximum absolute atomic E-state index is 9.30. The molecule has 2 aliphatic carbocycles. The fourth-order valence-electron chi connectivity index (χ4n) is 15.8. The summed E-state index contributed by atoms with van der Waals surface area (Å²) in [5, 5.41) is 37.2. The van der Waals surface area contributed by atoms with E-state index in [0.29, 0.717) is 0 Å². The van der Waals surface area contributed by atoms with E-state index in [1.807, 2.05) is 0 Å². The lowest BCUT2D eigenvalue weighted by Gasteiger charge is -2.35. The first-order valence-electron chi connectivity index (χ1n) is 37.4. The summed E-state index contributed by atoms with van der Waals surface area (Å²) in [5.74, 6) is -0.605. The molecule has 0 unspecified atom stereocenters. The van der Waals surface area contributed by atoms with Crippen molar-refractivity contribution in [3.63, 3.8) is 0 Å². The average molecular weight is 1480 g/mol. The number of aryl methyl sites for hydroxylation is 8. The minimum absolute atomic E-state index is 0.00714. The molecule has 1 spiro atoms. The summed E-state index contributed by atoms with van der Waals surface area (Å²) in [6, 6.07) is 108. The van der Waals surface area contributed by atoms with Crippen molar-refractivity contribution in [2.45, 2.75) is 60.8 Å². The monoisotopic (exact) mass is 1480 g/mol. The van der Waals surface area contributed by atoms with Gasteiger partial charge in [-0.3, -0.25) is 0 Å². The number of anilines is 12. The quantitative estimate of drug-likeness (QED) is 0.0828. The summed E-state index contributed by atoms with van der Waals surface area (Å²) in [6.45, 7) is 31.8. The van der Waals surface area contributed by atoms with Crippen molar-refractivity contribution in [2.24, 2.45) is 0 Å². The number of fused-ring (bicyclic) bond motifs is 16. The zero-order valence-corrected chi connectivity index (χ0v) is 64.1.